The van der Waals surface area contributed by atoms with Gasteiger partial charge in [-0.3, -0.25) is 4.79 Å². The maximum absolute atomic E-state index is 10.9. The lowest BCUT2D eigenvalue weighted by atomic mass is 10.1. The first-order valence-electron chi connectivity index (χ1n) is 6.12. The van der Waals surface area contributed by atoms with E-state index in [9.17, 15) is 4.79 Å². The Kier molecular flexibility index (Phi) is 2.93. The van der Waals surface area contributed by atoms with Crippen molar-refractivity contribution in [3.05, 3.63) is 40.3 Å². The van der Waals surface area contributed by atoms with Crippen LogP contribution in [0.1, 0.15) is 23.9 Å². The van der Waals surface area contributed by atoms with Crippen LogP contribution in [0.5, 0.6) is 0 Å². The zero-order valence-electron chi connectivity index (χ0n) is 10.4. The van der Waals surface area contributed by atoms with Gasteiger partial charge in [0.1, 0.15) is 5.82 Å². The van der Waals surface area contributed by atoms with Gasteiger partial charge in [-0.25, -0.2) is 4.98 Å². The molecular formula is C14H13BrN2O2. The van der Waals surface area contributed by atoms with Crippen LogP contribution in [0.2, 0.25) is 0 Å². The molecule has 1 saturated carbocycles. The van der Waals surface area contributed by atoms with E-state index in [1.165, 1.54) is 0 Å². The van der Waals surface area contributed by atoms with Crippen LogP contribution < -0.4 is 0 Å². The second-order valence-corrected chi connectivity index (χ2v) is 5.72. The molecular weight excluding hydrogens is 308 g/mol. The van der Waals surface area contributed by atoms with Gasteiger partial charge < -0.3 is 10.1 Å². The molecule has 1 heterocycles. The van der Waals surface area contributed by atoms with E-state index in [1.54, 1.807) is 0 Å². The third kappa shape index (κ3) is 2.18. The molecule has 5 heteroatoms. The third-order valence-corrected chi connectivity index (χ3v) is 4.18. The molecule has 0 amide bonds. The number of halogens is 1. The number of hydrogen-bond donors (Lipinski definition) is 2. The standard InChI is InChI=1S/C14H13BrN2O2/c1-7-12(8-4-2-3-5-11(8)15)17-13(16-7)9-6-10(9)14(18)19/h2-5,9-10H,6H2,1H3,(H,16,17)(H,18,19). The molecule has 98 valence electrons. The summed E-state index contributed by atoms with van der Waals surface area (Å²) in [6.07, 6.45) is 0.678. The van der Waals surface area contributed by atoms with Gasteiger partial charge in [-0.15, -0.1) is 0 Å². The molecule has 0 aliphatic heterocycles. The third-order valence-electron chi connectivity index (χ3n) is 3.49. The van der Waals surface area contributed by atoms with Crippen molar-refractivity contribution in [2.75, 3.05) is 0 Å². The Morgan fingerprint density at radius 2 is 2.21 bits per heavy atom. The van der Waals surface area contributed by atoms with E-state index in [0.29, 0.717) is 6.42 Å². The molecule has 1 aromatic heterocycles. The van der Waals surface area contributed by atoms with Crippen LogP contribution in [0.15, 0.2) is 28.7 Å². The number of nitrogens with zero attached hydrogens (tertiary/aromatic N) is 1. The topological polar surface area (TPSA) is 66.0 Å². The van der Waals surface area contributed by atoms with Gasteiger partial charge >= 0.3 is 5.97 Å². The average molecular weight is 321 g/mol. The number of aromatic amines is 1. The number of rotatable bonds is 3. The van der Waals surface area contributed by atoms with Crippen LogP contribution in [0.25, 0.3) is 11.3 Å². The summed E-state index contributed by atoms with van der Waals surface area (Å²) in [4.78, 5) is 18.7. The fraction of sp³-hybridized carbons (Fsp3) is 0.286. The number of benzene rings is 1. The minimum atomic E-state index is -0.735. The normalized spacial score (nSPS) is 21.4. The summed E-state index contributed by atoms with van der Waals surface area (Å²) < 4.78 is 0.988. The van der Waals surface area contributed by atoms with E-state index in [0.717, 1.165) is 27.2 Å². The molecule has 3 rings (SSSR count). The molecule has 0 radical (unpaired) electrons. The van der Waals surface area contributed by atoms with Crippen molar-refractivity contribution in [3.8, 4) is 11.3 Å². The Bertz CT molecular complexity index is 651. The number of carboxylic acid groups (broad SMARTS) is 1. The molecule has 2 unspecified atom stereocenters. The molecule has 2 aromatic rings. The molecule has 1 aliphatic carbocycles. The lowest BCUT2D eigenvalue weighted by molar-refractivity contribution is -0.138. The Balaban J connectivity index is 1.95. The van der Waals surface area contributed by atoms with Crippen LogP contribution >= 0.6 is 15.9 Å². The first kappa shape index (κ1) is 12.4. The van der Waals surface area contributed by atoms with Crippen molar-refractivity contribution in [2.24, 2.45) is 5.92 Å². The molecule has 0 spiro atoms. The average Bonchev–Trinajstić information content (AvgIpc) is 3.08. The summed E-state index contributed by atoms with van der Waals surface area (Å²) in [5.74, 6) is -0.192. The summed E-state index contributed by atoms with van der Waals surface area (Å²) >= 11 is 3.52. The molecule has 0 saturated heterocycles. The Morgan fingerprint density at radius 1 is 1.47 bits per heavy atom. The molecule has 19 heavy (non-hydrogen) atoms. The number of nitrogens with one attached hydrogen (secondary N) is 1. The number of carbonyl (C=O) groups is 1. The molecule has 1 aliphatic rings. The van der Waals surface area contributed by atoms with Gasteiger partial charge in [0.15, 0.2) is 0 Å². The van der Waals surface area contributed by atoms with E-state index in [-0.39, 0.29) is 11.8 Å². The quantitative estimate of drug-likeness (QED) is 0.911. The summed E-state index contributed by atoms with van der Waals surface area (Å²) in [6.45, 7) is 1.96. The smallest absolute Gasteiger partial charge is 0.307 e. The van der Waals surface area contributed by atoms with Gasteiger partial charge in [-0.2, -0.15) is 0 Å². The largest absolute Gasteiger partial charge is 0.481 e. The minimum Gasteiger partial charge on any atom is -0.481 e. The van der Waals surface area contributed by atoms with E-state index < -0.39 is 5.97 Å². The number of aliphatic carboxylic acids is 1. The number of carboxylic acids is 1. The molecule has 1 aromatic carbocycles. The summed E-state index contributed by atoms with van der Waals surface area (Å²) in [7, 11) is 0. The fourth-order valence-corrected chi connectivity index (χ4v) is 2.82. The monoisotopic (exact) mass is 320 g/mol. The molecule has 4 nitrogen and oxygen atoms in total. The molecule has 1 fully saturated rings. The van der Waals surface area contributed by atoms with E-state index >= 15 is 0 Å². The zero-order valence-corrected chi connectivity index (χ0v) is 11.9. The second-order valence-electron chi connectivity index (χ2n) is 4.86. The highest BCUT2D eigenvalue weighted by Gasteiger charge is 2.46. The van der Waals surface area contributed by atoms with Gasteiger partial charge in [0.05, 0.1) is 11.6 Å². The Labute approximate surface area is 119 Å². The number of aryl methyl sites for hydroxylation is 1. The highest BCUT2D eigenvalue weighted by molar-refractivity contribution is 9.10. The van der Waals surface area contributed by atoms with Gasteiger partial charge in [0, 0.05) is 21.6 Å². The predicted octanol–water partition coefficient (Wildman–Crippen LogP) is 3.34. The van der Waals surface area contributed by atoms with E-state index in [1.807, 2.05) is 31.2 Å². The number of H-pyrrole nitrogens is 1. The first-order valence-corrected chi connectivity index (χ1v) is 6.91. The SMILES string of the molecule is Cc1[nH]c(C2CC2C(=O)O)nc1-c1ccccc1Br. The summed E-state index contributed by atoms with van der Waals surface area (Å²) in [5.41, 5.74) is 2.88. The predicted molar refractivity (Wildman–Crippen MR) is 74.9 cm³/mol. The number of imidazole rings is 1. The minimum absolute atomic E-state index is 0.0347. The van der Waals surface area contributed by atoms with Crippen molar-refractivity contribution in [1.82, 2.24) is 9.97 Å². The lowest BCUT2D eigenvalue weighted by Gasteiger charge is -2.01. The van der Waals surface area contributed by atoms with Crippen molar-refractivity contribution in [2.45, 2.75) is 19.3 Å². The fourth-order valence-electron chi connectivity index (χ4n) is 2.34. The lowest BCUT2D eigenvalue weighted by Crippen LogP contribution is -1.99. The van der Waals surface area contributed by atoms with Crippen molar-refractivity contribution >= 4 is 21.9 Å². The molecule has 2 N–H and O–H groups in total. The van der Waals surface area contributed by atoms with E-state index in [2.05, 4.69) is 25.9 Å². The van der Waals surface area contributed by atoms with E-state index in [4.69, 9.17) is 5.11 Å². The Morgan fingerprint density at radius 3 is 2.84 bits per heavy atom. The Hall–Kier alpha value is -1.62. The number of aromatic nitrogens is 2. The van der Waals surface area contributed by atoms with Gasteiger partial charge in [0.2, 0.25) is 0 Å². The van der Waals surface area contributed by atoms with Crippen LogP contribution in [-0.2, 0) is 4.79 Å². The van der Waals surface area contributed by atoms with Crippen LogP contribution in [0, 0.1) is 12.8 Å². The maximum atomic E-state index is 10.9. The van der Waals surface area contributed by atoms with Gasteiger partial charge in [-0.1, -0.05) is 34.1 Å². The van der Waals surface area contributed by atoms with Crippen LogP contribution in [-0.4, -0.2) is 21.0 Å². The maximum Gasteiger partial charge on any atom is 0.307 e. The molecule has 2 atom stereocenters. The second kappa shape index (κ2) is 4.49. The van der Waals surface area contributed by atoms with Crippen molar-refractivity contribution in [3.63, 3.8) is 0 Å². The van der Waals surface area contributed by atoms with Crippen molar-refractivity contribution < 1.29 is 9.90 Å². The summed E-state index contributed by atoms with van der Waals surface area (Å²) in [6, 6.07) is 7.89. The van der Waals surface area contributed by atoms with Crippen LogP contribution in [0.3, 0.4) is 0 Å². The van der Waals surface area contributed by atoms with Gasteiger partial charge in [0.25, 0.3) is 0 Å². The van der Waals surface area contributed by atoms with Crippen LogP contribution in [0.4, 0.5) is 0 Å². The number of hydrogen-bond acceptors (Lipinski definition) is 2. The first-order chi connectivity index (χ1) is 9.08. The van der Waals surface area contributed by atoms with Crippen molar-refractivity contribution in [1.29, 1.82) is 0 Å². The molecule has 0 bridgehead atoms. The summed E-state index contributed by atoms with van der Waals surface area (Å²) in [5, 5.41) is 8.97. The highest BCUT2D eigenvalue weighted by Crippen LogP contribution is 2.47. The highest BCUT2D eigenvalue weighted by atomic mass is 79.9. The van der Waals surface area contributed by atoms with Gasteiger partial charge in [-0.05, 0) is 19.4 Å². The zero-order chi connectivity index (χ0) is 13.6.